The monoisotopic (exact) mass is 410 g/mol. The average molecular weight is 412 g/mol. The molecule has 0 fully saturated rings. The molecule has 0 bridgehead atoms. The molecule has 0 aliphatic rings. The molecule has 3 aromatic rings. The molecular weight excluding hydrogens is 402 g/mol. The lowest BCUT2D eigenvalue weighted by molar-refractivity contribution is 0.561. The van der Waals surface area contributed by atoms with Gasteiger partial charge in [0.2, 0.25) is 0 Å². The zero-order valence-corrected chi connectivity index (χ0v) is 14.0. The third-order valence-electron chi connectivity index (χ3n) is 3.43. The van der Waals surface area contributed by atoms with Gasteiger partial charge in [-0.1, -0.05) is 68.3 Å². The van der Waals surface area contributed by atoms with Crippen LogP contribution in [0.2, 0.25) is 0 Å². The average Bonchev–Trinajstić information content (AvgIpc) is 2.47. The third-order valence-corrected chi connectivity index (χ3v) is 5.07. The van der Waals surface area contributed by atoms with Crippen LogP contribution in [0.25, 0.3) is 10.8 Å². The van der Waals surface area contributed by atoms with Crippen molar-refractivity contribution in [3.63, 3.8) is 0 Å². The van der Waals surface area contributed by atoms with Gasteiger partial charge in [-0.2, -0.15) is 0 Å². The lowest BCUT2D eigenvalue weighted by Gasteiger charge is -2.16. The lowest BCUT2D eigenvalue weighted by Crippen LogP contribution is -2.01. The van der Waals surface area contributed by atoms with Gasteiger partial charge in [0.1, 0.15) is 11.6 Å². The molecule has 0 saturated heterocycles. The van der Waals surface area contributed by atoms with Crippen LogP contribution in [0.3, 0.4) is 0 Å². The Balaban J connectivity index is 2.23. The van der Waals surface area contributed by atoms with Crippen molar-refractivity contribution in [2.24, 2.45) is 0 Å². The predicted octanol–water partition coefficient (Wildman–Crippen LogP) is 6.36. The summed E-state index contributed by atoms with van der Waals surface area (Å²) in [5.41, 5.74) is 0.864. The number of alkyl halides is 1. The minimum atomic E-state index is -0.552. The van der Waals surface area contributed by atoms with Gasteiger partial charge in [0.05, 0.1) is 4.83 Å². The molecule has 3 rings (SSSR count). The van der Waals surface area contributed by atoms with E-state index in [2.05, 4.69) is 31.9 Å². The molecule has 0 nitrogen and oxygen atoms in total. The summed E-state index contributed by atoms with van der Waals surface area (Å²) in [7, 11) is 0. The highest BCUT2D eigenvalue weighted by Gasteiger charge is 2.21. The fourth-order valence-electron chi connectivity index (χ4n) is 2.41. The molecule has 0 heterocycles. The summed E-state index contributed by atoms with van der Waals surface area (Å²) in [6.45, 7) is 0. The summed E-state index contributed by atoms with van der Waals surface area (Å²) in [4.78, 5) is -0.545. The Labute approximate surface area is 138 Å². The van der Waals surface area contributed by atoms with E-state index >= 15 is 0 Å². The van der Waals surface area contributed by atoms with E-state index < -0.39 is 16.5 Å². The SMILES string of the molecule is Fc1cccc(F)c1C(Br)c1ccc(Br)c2ccccc12. The summed E-state index contributed by atoms with van der Waals surface area (Å²) < 4.78 is 28.9. The van der Waals surface area contributed by atoms with Crippen molar-refractivity contribution in [3.8, 4) is 0 Å². The minimum absolute atomic E-state index is 0.0324. The van der Waals surface area contributed by atoms with Crippen LogP contribution in [-0.2, 0) is 0 Å². The van der Waals surface area contributed by atoms with E-state index in [0.717, 1.165) is 20.8 Å². The maximum atomic E-state index is 14.0. The Hall–Kier alpha value is -1.26. The van der Waals surface area contributed by atoms with E-state index in [1.165, 1.54) is 18.2 Å². The highest BCUT2D eigenvalue weighted by molar-refractivity contribution is 9.10. The summed E-state index contributed by atoms with van der Waals surface area (Å²) >= 11 is 6.95. The van der Waals surface area contributed by atoms with Crippen molar-refractivity contribution in [2.75, 3.05) is 0 Å². The van der Waals surface area contributed by atoms with Crippen LogP contribution in [0.4, 0.5) is 8.78 Å². The van der Waals surface area contributed by atoms with Gasteiger partial charge in [-0.3, -0.25) is 0 Å². The van der Waals surface area contributed by atoms with Crippen molar-refractivity contribution in [1.29, 1.82) is 0 Å². The van der Waals surface area contributed by atoms with E-state index in [4.69, 9.17) is 0 Å². The second kappa shape index (κ2) is 5.85. The summed E-state index contributed by atoms with van der Waals surface area (Å²) in [5, 5.41) is 1.97. The van der Waals surface area contributed by atoms with E-state index in [1.807, 2.05) is 36.4 Å². The molecule has 3 aromatic carbocycles. The highest BCUT2D eigenvalue weighted by Crippen LogP contribution is 2.39. The topological polar surface area (TPSA) is 0 Å². The van der Waals surface area contributed by atoms with Crippen molar-refractivity contribution < 1.29 is 8.78 Å². The fourth-order valence-corrected chi connectivity index (χ4v) is 3.73. The molecule has 0 radical (unpaired) electrons. The fraction of sp³-hybridized carbons (Fsp3) is 0.0588. The molecular formula is C17H10Br2F2. The predicted molar refractivity (Wildman–Crippen MR) is 88.8 cm³/mol. The molecule has 21 heavy (non-hydrogen) atoms. The third kappa shape index (κ3) is 2.62. The summed E-state index contributed by atoms with van der Waals surface area (Å²) in [6, 6.07) is 15.4. The van der Waals surface area contributed by atoms with Crippen LogP contribution in [0, 0.1) is 11.6 Å². The molecule has 106 valence electrons. The van der Waals surface area contributed by atoms with Crippen molar-refractivity contribution >= 4 is 42.6 Å². The van der Waals surface area contributed by atoms with Gasteiger partial charge >= 0.3 is 0 Å². The van der Waals surface area contributed by atoms with Gasteiger partial charge in [-0.25, -0.2) is 8.78 Å². The molecule has 0 spiro atoms. The first-order valence-electron chi connectivity index (χ1n) is 6.34. The minimum Gasteiger partial charge on any atom is -0.207 e. The van der Waals surface area contributed by atoms with E-state index in [-0.39, 0.29) is 5.56 Å². The molecule has 0 amide bonds. The van der Waals surface area contributed by atoms with Gasteiger partial charge in [0, 0.05) is 10.0 Å². The molecule has 4 heteroatoms. The number of halogens is 4. The van der Waals surface area contributed by atoms with Crippen LogP contribution < -0.4 is 0 Å². The molecule has 1 unspecified atom stereocenters. The smallest absolute Gasteiger partial charge is 0.130 e. The van der Waals surface area contributed by atoms with Crippen LogP contribution in [0.1, 0.15) is 16.0 Å². The zero-order valence-electron chi connectivity index (χ0n) is 10.8. The number of fused-ring (bicyclic) bond motifs is 1. The standard InChI is InChI=1S/C17H10Br2F2/c18-13-9-8-12(10-4-1-2-5-11(10)13)17(19)16-14(20)6-3-7-15(16)21/h1-9,17H. The Kier molecular flexibility index (Phi) is 4.09. The van der Waals surface area contributed by atoms with Crippen LogP contribution in [0.5, 0.6) is 0 Å². The Morgan fingerprint density at radius 3 is 2.05 bits per heavy atom. The number of hydrogen-bond donors (Lipinski definition) is 0. The van der Waals surface area contributed by atoms with Gasteiger partial charge in [0.25, 0.3) is 0 Å². The first kappa shape index (κ1) is 14.7. The maximum absolute atomic E-state index is 14.0. The lowest BCUT2D eigenvalue weighted by atomic mass is 9.98. The zero-order chi connectivity index (χ0) is 15.0. The summed E-state index contributed by atoms with van der Waals surface area (Å²) in [5.74, 6) is -1.10. The van der Waals surface area contributed by atoms with Crippen molar-refractivity contribution in [1.82, 2.24) is 0 Å². The number of benzene rings is 3. The Morgan fingerprint density at radius 1 is 0.762 bits per heavy atom. The normalized spacial score (nSPS) is 12.6. The largest absolute Gasteiger partial charge is 0.207 e. The van der Waals surface area contributed by atoms with Gasteiger partial charge < -0.3 is 0 Å². The first-order valence-corrected chi connectivity index (χ1v) is 8.05. The second-order valence-corrected chi connectivity index (χ2v) is 6.45. The van der Waals surface area contributed by atoms with Gasteiger partial charge in [-0.05, 0) is 34.5 Å². The van der Waals surface area contributed by atoms with Gasteiger partial charge in [-0.15, -0.1) is 0 Å². The Bertz CT molecular complexity index is 795. The van der Waals surface area contributed by atoms with Crippen molar-refractivity contribution in [2.45, 2.75) is 4.83 Å². The highest BCUT2D eigenvalue weighted by atomic mass is 79.9. The maximum Gasteiger partial charge on any atom is 0.130 e. The first-order chi connectivity index (χ1) is 10.1. The molecule has 0 saturated carbocycles. The molecule has 0 aliphatic heterocycles. The quantitative estimate of drug-likeness (QED) is 0.430. The van der Waals surface area contributed by atoms with Crippen LogP contribution >= 0.6 is 31.9 Å². The van der Waals surface area contributed by atoms with Crippen LogP contribution in [-0.4, -0.2) is 0 Å². The molecule has 0 aromatic heterocycles. The molecule has 0 aliphatic carbocycles. The van der Waals surface area contributed by atoms with Crippen molar-refractivity contribution in [3.05, 3.63) is 81.8 Å². The van der Waals surface area contributed by atoms with E-state index in [0.29, 0.717) is 0 Å². The second-order valence-electron chi connectivity index (χ2n) is 4.68. The van der Waals surface area contributed by atoms with Crippen LogP contribution in [0.15, 0.2) is 59.1 Å². The van der Waals surface area contributed by atoms with E-state index in [9.17, 15) is 8.78 Å². The van der Waals surface area contributed by atoms with Gasteiger partial charge in [0.15, 0.2) is 0 Å². The Morgan fingerprint density at radius 2 is 1.38 bits per heavy atom. The van der Waals surface area contributed by atoms with E-state index in [1.54, 1.807) is 0 Å². The summed E-state index contributed by atoms with van der Waals surface area (Å²) in [6.07, 6.45) is 0. The molecule has 0 N–H and O–H groups in total. The molecule has 1 atom stereocenters. The number of rotatable bonds is 2. The number of hydrogen-bond acceptors (Lipinski definition) is 0.